The Morgan fingerprint density at radius 1 is 1.09 bits per heavy atom. The maximum Gasteiger partial charge on any atom is 0.407 e. The first-order valence-corrected chi connectivity index (χ1v) is 8.81. The van der Waals surface area contributed by atoms with Gasteiger partial charge in [-0.15, -0.1) is 0 Å². The second-order valence-electron chi connectivity index (χ2n) is 9.11. The lowest BCUT2D eigenvalue weighted by molar-refractivity contribution is 0.0496. The Morgan fingerprint density at radius 3 is 2.27 bits per heavy atom. The largest absolute Gasteiger partial charge is 0.444 e. The summed E-state index contributed by atoms with van der Waals surface area (Å²) in [5.74, 6) is 0.706. The molecule has 1 amide bonds. The Hall–Kier alpha value is -0.770. The van der Waals surface area contributed by atoms with Gasteiger partial charge in [-0.25, -0.2) is 4.79 Å². The van der Waals surface area contributed by atoms with Crippen molar-refractivity contribution in [2.24, 2.45) is 11.3 Å². The summed E-state index contributed by atoms with van der Waals surface area (Å²) in [7, 11) is 0. The van der Waals surface area contributed by atoms with Gasteiger partial charge in [-0.2, -0.15) is 0 Å². The predicted octanol–water partition coefficient (Wildman–Crippen LogP) is 3.85. The highest BCUT2D eigenvalue weighted by molar-refractivity contribution is 5.68. The number of carbonyl (C=O) groups is 1. The Morgan fingerprint density at radius 2 is 1.73 bits per heavy atom. The van der Waals surface area contributed by atoms with Crippen molar-refractivity contribution in [3.8, 4) is 0 Å². The first kappa shape index (κ1) is 17.6. The van der Waals surface area contributed by atoms with Crippen LogP contribution < -0.4 is 10.6 Å². The summed E-state index contributed by atoms with van der Waals surface area (Å²) in [6, 6.07) is 1.15. The number of rotatable bonds is 3. The van der Waals surface area contributed by atoms with E-state index < -0.39 is 5.60 Å². The summed E-state index contributed by atoms with van der Waals surface area (Å²) >= 11 is 0. The fourth-order valence-corrected chi connectivity index (χ4v) is 4.18. The topological polar surface area (TPSA) is 50.4 Å². The molecule has 0 aromatic heterocycles. The normalized spacial score (nSPS) is 34.6. The predicted molar refractivity (Wildman–Crippen MR) is 89.9 cm³/mol. The Labute approximate surface area is 135 Å². The van der Waals surface area contributed by atoms with Gasteiger partial charge in [0.25, 0.3) is 0 Å². The van der Waals surface area contributed by atoms with Crippen LogP contribution in [0.2, 0.25) is 0 Å². The first-order chi connectivity index (χ1) is 10.1. The van der Waals surface area contributed by atoms with Crippen LogP contribution in [-0.4, -0.2) is 29.8 Å². The molecule has 0 aliphatic heterocycles. The van der Waals surface area contributed by atoms with E-state index in [-0.39, 0.29) is 12.1 Å². The van der Waals surface area contributed by atoms with Gasteiger partial charge in [0, 0.05) is 18.1 Å². The molecular formula is C18H34N2O2. The lowest BCUT2D eigenvalue weighted by atomic mass is 9.91. The summed E-state index contributed by atoms with van der Waals surface area (Å²) in [6.07, 6.45) is 5.57. The molecule has 2 saturated carbocycles. The smallest absolute Gasteiger partial charge is 0.407 e. The van der Waals surface area contributed by atoms with Crippen molar-refractivity contribution < 1.29 is 9.53 Å². The van der Waals surface area contributed by atoms with Gasteiger partial charge < -0.3 is 15.4 Å². The second-order valence-corrected chi connectivity index (χ2v) is 9.11. The Bertz CT molecular complexity index is 400. The number of amides is 1. The molecule has 0 aromatic rings. The molecule has 4 heteroatoms. The van der Waals surface area contributed by atoms with Crippen molar-refractivity contribution >= 4 is 6.09 Å². The highest BCUT2D eigenvalue weighted by atomic mass is 16.6. The van der Waals surface area contributed by atoms with Crippen LogP contribution in [0.15, 0.2) is 0 Å². The summed E-state index contributed by atoms with van der Waals surface area (Å²) in [4.78, 5) is 12.0. The summed E-state index contributed by atoms with van der Waals surface area (Å²) in [5, 5.41) is 6.90. The van der Waals surface area contributed by atoms with Crippen molar-refractivity contribution in [3.05, 3.63) is 0 Å². The van der Waals surface area contributed by atoms with Crippen LogP contribution in [0, 0.1) is 11.3 Å². The molecule has 2 aliphatic rings. The zero-order valence-corrected chi connectivity index (χ0v) is 15.2. The van der Waals surface area contributed by atoms with Crippen molar-refractivity contribution in [2.75, 3.05) is 0 Å². The molecule has 4 atom stereocenters. The first-order valence-electron chi connectivity index (χ1n) is 8.81. The molecule has 0 aromatic carbocycles. The number of hydrogen-bond donors (Lipinski definition) is 2. The third-order valence-electron chi connectivity index (χ3n) is 4.98. The van der Waals surface area contributed by atoms with E-state index in [0.717, 1.165) is 12.8 Å². The van der Waals surface area contributed by atoms with Crippen LogP contribution >= 0.6 is 0 Å². The van der Waals surface area contributed by atoms with Crippen LogP contribution in [0.3, 0.4) is 0 Å². The fraction of sp³-hybridized carbons (Fsp3) is 0.944. The monoisotopic (exact) mass is 310 g/mol. The Kier molecular flexibility index (Phi) is 5.10. The van der Waals surface area contributed by atoms with E-state index in [1.807, 2.05) is 20.8 Å². The summed E-state index contributed by atoms with van der Waals surface area (Å²) < 4.78 is 5.39. The van der Waals surface area contributed by atoms with E-state index in [9.17, 15) is 4.79 Å². The van der Waals surface area contributed by atoms with Crippen LogP contribution in [0.4, 0.5) is 4.79 Å². The molecule has 2 aliphatic carbocycles. The fourth-order valence-electron chi connectivity index (χ4n) is 4.18. The van der Waals surface area contributed by atoms with Gasteiger partial charge >= 0.3 is 6.09 Å². The standard InChI is InChI=1S/C18H34N2O2/c1-12-10-18(5,6)11-15(12)19-13-8-7-9-14(13)20-16(21)22-17(2,3)4/h12-15,19H,7-11H2,1-6H3,(H,20,21). The molecule has 22 heavy (non-hydrogen) atoms. The zero-order chi connectivity index (χ0) is 16.5. The number of alkyl carbamates (subject to hydrolysis) is 1. The van der Waals surface area contributed by atoms with Gasteiger partial charge in [0.2, 0.25) is 0 Å². The lowest BCUT2D eigenvalue weighted by Crippen LogP contribution is -2.51. The molecule has 2 rings (SSSR count). The molecule has 0 bridgehead atoms. The third-order valence-corrected chi connectivity index (χ3v) is 4.98. The molecule has 0 radical (unpaired) electrons. The zero-order valence-electron chi connectivity index (χ0n) is 15.2. The van der Waals surface area contributed by atoms with E-state index in [0.29, 0.717) is 23.4 Å². The molecular weight excluding hydrogens is 276 g/mol. The quantitative estimate of drug-likeness (QED) is 0.832. The van der Waals surface area contributed by atoms with Gasteiger partial charge in [-0.05, 0) is 64.2 Å². The minimum atomic E-state index is -0.435. The van der Waals surface area contributed by atoms with Gasteiger partial charge in [0.15, 0.2) is 0 Å². The number of hydrogen-bond acceptors (Lipinski definition) is 3. The van der Waals surface area contributed by atoms with Crippen LogP contribution in [0.5, 0.6) is 0 Å². The van der Waals surface area contributed by atoms with Crippen LogP contribution in [0.1, 0.15) is 73.6 Å². The minimum Gasteiger partial charge on any atom is -0.444 e. The van der Waals surface area contributed by atoms with Crippen molar-refractivity contribution in [1.29, 1.82) is 0 Å². The lowest BCUT2D eigenvalue weighted by Gasteiger charge is -2.29. The average Bonchev–Trinajstić information content (AvgIpc) is 2.81. The molecule has 4 unspecified atom stereocenters. The maximum absolute atomic E-state index is 12.0. The van der Waals surface area contributed by atoms with E-state index in [1.165, 1.54) is 19.3 Å². The second kappa shape index (κ2) is 6.38. The molecule has 4 nitrogen and oxygen atoms in total. The van der Waals surface area contributed by atoms with E-state index in [4.69, 9.17) is 4.74 Å². The van der Waals surface area contributed by atoms with Crippen molar-refractivity contribution in [3.63, 3.8) is 0 Å². The van der Waals surface area contributed by atoms with Crippen molar-refractivity contribution in [1.82, 2.24) is 10.6 Å². The van der Waals surface area contributed by atoms with Gasteiger partial charge in [-0.1, -0.05) is 20.8 Å². The molecule has 128 valence electrons. The van der Waals surface area contributed by atoms with E-state index in [2.05, 4.69) is 31.4 Å². The molecule has 0 heterocycles. The minimum absolute atomic E-state index is 0.200. The average molecular weight is 310 g/mol. The number of nitrogens with one attached hydrogen (secondary N) is 2. The molecule has 0 saturated heterocycles. The van der Waals surface area contributed by atoms with Gasteiger partial charge in [-0.3, -0.25) is 0 Å². The van der Waals surface area contributed by atoms with Crippen LogP contribution in [-0.2, 0) is 4.74 Å². The van der Waals surface area contributed by atoms with Gasteiger partial charge in [0.05, 0.1) is 0 Å². The third kappa shape index (κ3) is 4.87. The highest BCUT2D eigenvalue weighted by Crippen LogP contribution is 2.41. The highest BCUT2D eigenvalue weighted by Gasteiger charge is 2.39. The summed E-state index contributed by atoms with van der Waals surface area (Å²) in [5.41, 5.74) is -0.000613. The maximum atomic E-state index is 12.0. The van der Waals surface area contributed by atoms with E-state index >= 15 is 0 Å². The molecule has 2 fully saturated rings. The number of ether oxygens (including phenoxy) is 1. The van der Waals surface area contributed by atoms with Crippen molar-refractivity contribution in [2.45, 2.75) is 97.4 Å². The van der Waals surface area contributed by atoms with Gasteiger partial charge in [0.1, 0.15) is 5.60 Å². The Balaban J connectivity index is 1.87. The molecule has 2 N–H and O–H groups in total. The number of carbonyl (C=O) groups excluding carboxylic acids is 1. The van der Waals surface area contributed by atoms with E-state index in [1.54, 1.807) is 0 Å². The SMILES string of the molecule is CC1CC(C)(C)CC1NC1CCCC1NC(=O)OC(C)(C)C. The van der Waals surface area contributed by atoms with Crippen LogP contribution in [0.25, 0.3) is 0 Å². The summed E-state index contributed by atoms with van der Waals surface area (Å²) in [6.45, 7) is 12.8. The molecule has 0 spiro atoms.